The number of fused-ring (bicyclic) bond motifs is 3. The molecule has 0 amide bonds. The molecule has 5 aliphatic rings. The van der Waals surface area contributed by atoms with Crippen LogP contribution in [-0.4, -0.2) is 71.4 Å². The minimum atomic E-state index is -2.93. The first-order valence-corrected chi connectivity index (χ1v) is 17.5. The van der Waals surface area contributed by atoms with Crippen molar-refractivity contribution in [1.29, 1.82) is 10.5 Å². The number of nitriles is 2. The number of nitrogens with zero attached hydrogens (tertiary/aromatic N) is 6. The molecule has 4 aromatic rings. The van der Waals surface area contributed by atoms with Crippen LogP contribution in [0.5, 0.6) is 11.8 Å². The molecule has 50 heavy (non-hydrogen) atoms. The minimum absolute atomic E-state index is 0.00839. The fraction of sp³-hybridized carbons (Fsp3) is 0.471. The Morgan fingerprint density at radius 2 is 2.04 bits per heavy atom. The van der Waals surface area contributed by atoms with Crippen LogP contribution in [0.25, 0.3) is 32.1 Å². The van der Waals surface area contributed by atoms with E-state index in [-0.39, 0.29) is 103 Å². The smallest absolute Gasteiger partial charge is 0.319 e. The standard InChI is InChI=1S/C34H27ClF5N7O2S/c35-24-22(15-2-3-18(37)29-21(15)17(9-42)31(43)50-29)25(38)26-23-28(24)48-11-19(30(39)40)47(27-16-6-13(8-41)20(16)27)32(23)45-33(44-26)49-12-34-4-1-5-46(34)10-14(36)7-34/h2-3,13-14,16,19-20,27,30H,1,4-7,10-12,43H2/t13?,14-,16?,19-,20?,27?,34+/m1/s1. The van der Waals surface area contributed by atoms with Gasteiger partial charge in [-0.05, 0) is 43.4 Å². The Bertz CT molecular complexity index is 2210. The zero-order chi connectivity index (χ0) is 34.8. The fourth-order valence-electron chi connectivity index (χ4n) is 8.98. The summed E-state index contributed by atoms with van der Waals surface area (Å²) in [4.78, 5) is 12.6. The summed E-state index contributed by atoms with van der Waals surface area (Å²) in [6.07, 6.45) is -1.68. The Balaban J connectivity index is 1.27. The van der Waals surface area contributed by atoms with Gasteiger partial charge in [-0.15, -0.1) is 11.3 Å². The molecule has 0 bridgehead atoms. The van der Waals surface area contributed by atoms with Gasteiger partial charge in [0.15, 0.2) is 11.6 Å². The third-order valence-electron chi connectivity index (χ3n) is 11.3. The van der Waals surface area contributed by atoms with Crippen LogP contribution in [0, 0.1) is 52.1 Å². The zero-order valence-corrected chi connectivity index (χ0v) is 27.7. The van der Waals surface area contributed by atoms with Gasteiger partial charge in [-0.2, -0.15) is 20.5 Å². The van der Waals surface area contributed by atoms with Crippen LogP contribution in [0.2, 0.25) is 5.02 Å². The van der Waals surface area contributed by atoms with Crippen molar-refractivity contribution in [3.05, 3.63) is 34.4 Å². The second kappa shape index (κ2) is 11.2. The van der Waals surface area contributed by atoms with E-state index in [9.17, 15) is 23.7 Å². The molecule has 2 saturated heterocycles. The molecule has 0 radical (unpaired) electrons. The lowest BCUT2D eigenvalue weighted by atomic mass is 9.87. The van der Waals surface area contributed by atoms with E-state index in [1.165, 1.54) is 11.0 Å². The number of benzene rings is 2. The van der Waals surface area contributed by atoms with E-state index in [2.05, 4.69) is 16.0 Å². The van der Waals surface area contributed by atoms with E-state index in [0.29, 0.717) is 19.4 Å². The maximum atomic E-state index is 17.2. The van der Waals surface area contributed by atoms with Crippen molar-refractivity contribution >= 4 is 54.7 Å². The second-order valence-electron chi connectivity index (χ2n) is 13.8. The highest BCUT2D eigenvalue weighted by Gasteiger charge is 2.67. The number of alkyl halides is 3. The summed E-state index contributed by atoms with van der Waals surface area (Å²) < 4.78 is 89.0. The first-order chi connectivity index (χ1) is 24.1. The Morgan fingerprint density at radius 3 is 2.78 bits per heavy atom. The number of aromatic nitrogens is 2. The largest absolute Gasteiger partial charge is 0.489 e. The second-order valence-corrected chi connectivity index (χ2v) is 15.3. The summed E-state index contributed by atoms with van der Waals surface area (Å²) in [5, 5.41) is 19.3. The first-order valence-electron chi connectivity index (χ1n) is 16.3. The molecule has 9 nitrogen and oxygen atoms in total. The Labute approximate surface area is 290 Å². The lowest BCUT2D eigenvalue weighted by Crippen LogP contribution is -2.46. The summed E-state index contributed by atoms with van der Waals surface area (Å²) in [5.74, 6) is -2.44. The molecule has 4 unspecified atom stereocenters. The number of rotatable bonds is 6. The number of halogens is 6. The lowest BCUT2D eigenvalue weighted by Gasteiger charge is -2.32. The average Bonchev–Trinajstić information content (AvgIpc) is 3.28. The number of anilines is 2. The van der Waals surface area contributed by atoms with Gasteiger partial charge in [-0.1, -0.05) is 17.7 Å². The topological polar surface area (TPSA) is 124 Å². The van der Waals surface area contributed by atoms with E-state index in [1.54, 1.807) is 0 Å². The number of hydrogen-bond acceptors (Lipinski definition) is 10. The summed E-state index contributed by atoms with van der Waals surface area (Å²) in [6.45, 7) is 0.401. The number of nitrogens with two attached hydrogens (primary N) is 1. The Hall–Kier alpha value is -4.18. The SMILES string of the molecule is N#Cc1c(N)sc2c(F)ccc(-c3c(Cl)c4c5c(nc(OC[C@@]67CCCN6C[C@H](F)C7)nc5c3F)N(C3C5CC(C#N)C53)[C@@H](C(F)F)CO4)c12. The molecule has 5 heterocycles. The van der Waals surface area contributed by atoms with Crippen molar-refractivity contribution < 1.29 is 31.4 Å². The van der Waals surface area contributed by atoms with E-state index in [1.807, 2.05) is 11.0 Å². The van der Waals surface area contributed by atoms with Gasteiger partial charge in [0.05, 0.1) is 38.2 Å². The fourth-order valence-corrected chi connectivity index (χ4v) is 10.3. The van der Waals surface area contributed by atoms with Gasteiger partial charge in [0.25, 0.3) is 6.43 Å². The van der Waals surface area contributed by atoms with Gasteiger partial charge in [-0.3, -0.25) is 4.90 Å². The molecule has 4 fully saturated rings. The molecule has 7 atom stereocenters. The number of thiophene rings is 1. The lowest BCUT2D eigenvalue weighted by molar-refractivity contribution is 0.0851. The highest BCUT2D eigenvalue weighted by molar-refractivity contribution is 7.23. The van der Waals surface area contributed by atoms with Crippen molar-refractivity contribution in [2.45, 2.75) is 55.9 Å². The van der Waals surface area contributed by atoms with Crippen LogP contribution in [0.1, 0.15) is 31.2 Å². The van der Waals surface area contributed by atoms with Crippen LogP contribution >= 0.6 is 22.9 Å². The van der Waals surface area contributed by atoms with Crippen molar-refractivity contribution in [2.75, 3.05) is 36.9 Å². The van der Waals surface area contributed by atoms with Gasteiger partial charge in [0.1, 0.15) is 53.6 Å². The Morgan fingerprint density at radius 1 is 1.22 bits per heavy atom. The molecule has 258 valence electrons. The van der Waals surface area contributed by atoms with Gasteiger partial charge in [0, 0.05) is 35.9 Å². The predicted molar refractivity (Wildman–Crippen MR) is 175 cm³/mol. The third-order valence-corrected chi connectivity index (χ3v) is 12.7. The molecule has 2 aromatic heterocycles. The molecule has 2 aromatic carbocycles. The van der Waals surface area contributed by atoms with E-state index < -0.39 is 48.5 Å². The molecule has 16 heteroatoms. The number of ether oxygens (including phenoxy) is 2. The highest BCUT2D eigenvalue weighted by Crippen LogP contribution is 2.64. The molecule has 2 saturated carbocycles. The third kappa shape index (κ3) is 4.36. The predicted octanol–water partition coefficient (Wildman–Crippen LogP) is 6.84. The van der Waals surface area contributed by atoms with E-state index in [4.69, 9.17) is 26.8 Å². The van der Waals surface area contributed by atoms with E-state index >= 15 is 8.78 Å². The van der Waals surface area contributed by atoms with Crippen LogP contribution in [0.4, 0.5) is 32.8 Å². The summed E-state index contributed by atoms with van der Waals surface area (Å²) in [7, 11) is 0. The van der Waals surface area contributed by atoms with Crippen molar-refractivity contribution in [1.82, 2.24) is 14.9 Å². The molecule has 2 N–H and O–H groups in total. The Kier molecular flexibility index (Phi) is 7.09. The molecule has 0 spiro atoms. The van der Waals surface area contributed by atoms with E-state index in [0.717, 1.165) is 23.8 Å². The monoisotopic (exact) mass is 727 g/mol. The summed E-state index contributed by atoms with van der Waals surface area (Å²) >= 11 is 7.77. The normalized spacial score (nSPS) is 29.7. The maximum Gasteiger partial charge on any atom is 0.319 e. The molecular weight excluding hydrogens is 701 g/mol. The molecule has 2 aliphatic carbocycles. The van der Waals surface area contributed by atoms with Crippen LogP contribution < -0.4 is 20.1 Å². The van der Waals surface area contributed by atoms with Crippen molar-refractivity contribution in [3.63, 3.8) is 0 Å². The molecular formula is C34H27ClF5N7O2S. The van der Waals surface area contributed by atoms with Crippen molar-refractivity contribution in [2.24, 2.45) is 17.8 Å². The van der Waals surface area contributed by atoms with Gasteiger partial charge < -0.3 is 20.1 Å². The van der Waals surface area contributed by atoms with Gasteiger partial charge >= 0.3 is 6.01 Å². The van der Waals surface area contributed by atoms with Gasteiger partial charge in [-0.25, -0.2) is 22.0 Å². The number of nitrogen functional groups attached to an aromatic ring is 1. The quantitative estimate of drug-likeness (QED) is 0.213. The highest BCUT2D eigenvalue weighted by atomic mass is 35.5. The minimum Gasteiger partial charge on any atom is -0.489 e. The van der Waals surface area contributed by atoms with Gasteiger partial charge in [0.2, 0.25) is 0 Å². The molecule has 9 rings (SSSR count). The van der Waals surface area contributed by atoms with Crippen molar-refractivity contribution in [3.8, 4) is 35.0 Å². The maximum absolute atomic E-state index is 17.2. The van der Waals surface area contributed by atoms with Crippen LogP contribution in [0.15, 0.2) is 12.1 Å². The number of hydrogen-bond donors (Lipinski definition) is 1. The zero-order valence-electron chi connectivity index (χ0n) is 26.1. The molecule has 3 aliphatic heterocycles. The average molecular weight is 728 g/mol. The first kappa shape index (κ1) is 31.8. The van der Waals surface area contributed by atoms with Crippen LogP contribution in [-0.2, 0) is 0 Å². The summed E-state index contributed by atoms with van der Waals surface area (Å²) in [6, 6.07) is 4.24. The summed E-state index contributed by atoms with van der Waals surface area (Å²) in [5.41, 5.74) is 4.76. The van der Waals surface area contributed by atoms with Crippen LogP contribution in [0.3, 0.4) is 0 Å².